The Bertz CT molecular complexity index is 652. The lowest BCUT2D eigenvalue weighted by atomic mass is 10.0. The molecule has 3 nitrogen and oxygen atoms in total. The SMILES string of the molecule is Cc1nn(C)c(Cl)c1CC(=O)c1ccc(Cl)c(F)c1. The van der Waals surface area contributed by atoms with Crippen LogP contribution in [0.4, 0.5) is 4.39 Å². The van der Waals surface area contributed by atoms with Gasteiger partial charge in [0.15, 0.2) is 5.78 Å². The second-order valence-electron chi connectivity index (χ2n) is 4.21. The molecule has 1 heterocycles. The van der Waals surface area contributed by atoms with Crippen molar-refractivity contribution < 1.29 is 9.18 Å². The highest BCUT2D eigenvalue weighted by Crippen LogP contribution is 2.22. The van der Waals surface area contributed by atoms with E-state index in [0.717, 1.165) is 6.07 Å². The number of carbonyl (C=O) groups is 1. The molecule has 0 spiro atoms. The van der Waals surface area contributed by atoms with Crippen LogP contribution in [0.25, 0.3) is 0 Å². The average Bonchev–Trinajstić information content (AvgIpc) is 2.59. The molecule has 19 heavy (non-hydrogen) atoms. The minimum absolute atomic E-state index is 0.00728. The van der Waals surface area contributed by atoms with Crippen molar-refractivity contribution in [2.24, 2.45) is 7.05 Å². The largest absolute Gasteiger partial charge is 0.294 e. The van der Waals surface area contributed by atoms with E-state index in [9.17, 15) is 9.18 Å². The zero-order valence-corrected chi connectivity index (χ0v) is 11.9. The lowest BCUT2D eigenvalue weighted by Gasteiger charge is -2.02. The zero-order valence-electron chi connectivity index (χ0n) is 10.4. The van der Waals surface area contributed by atoms with Gasteiger partial charge in [-0.15, -0.1) is 0 Å². The van der Waals surface area contributed by atoms with E-state index in [1.54, 1.807) is 14.0 Å². The number of nitrogens with zero attached hydrogens (tertiary/aromatic N) is 2. The molecule has 2 rings (SSSR count). The number of aryl methyl sites for hydroxylation is 2. The highest BCUT2D eigenvalue weighted by atomic mass is 35.5. The molecule has 2 aromatic rings. The highest BCUT2D eigenvalue weighted by Gasteiger charge is 2.17. The molecular weight excluding hydrogens is 290 g/mol. The molecule has 0 aliphatic rings. The third-order valence-corrected chi connectivity index (χ3v) is 3.63. The molecule has 0 N–H and O–H groups in total. The summed E-state index contributed by atoms with van der Waals surface area (Å²) >= 11 is 11.6. The van der Waals surface area contributed by atoms with Gasteiger partial charge in [0.05, 0.1) is 10.7 Å². The van der Waals surface area contributed by atoms with Crippen molar-refractivity contribution in [3.05, 3.63) is 51.0 Å². The monoisotopic (exact) mass is 300 g/mol. The Morgan fingerprint density at radius 1 is 1.42 bits per heavy atom. The second-order valence-corrected chi connectivity index (χ2v) is 4.97. The van der Waals surface area contributed by atoms with E-state index in [0.29, 0.717) is 16.4 Å². The molecular formula is C13H11Cl2FN2O. The summed E-state index contributed by atoms with van der Waals surface area (Å²) in [5.41, 5.74) is 1.61. The van der Waals surface area contributed by atoms with Gasteiger partial charge in [0.1, 0.15) is 11.0 Å². The van der Waals surface area contributed by atoms with Gasteiger partial charge < -0.3 is 0 Å². The molecule has 1 aromatic heterocycles. The first-order valence-corrected chi connectivity index (χ1v) is 6.32. The van der Waals surface area contributed by atoms with Crippen LogP contribution in [-0.4, -0.2) is 15.6 Å². The summed E-state index contributed by atoms with van der Waals surface area (Å²) in [5.74, 6) is -0.838. The third-order valence-electron chi connectivity index (χ3n) is 2.85. The Labute approximate surface area is 119 Å². The summed E-state index contributed by atoms with van der Waals surface area (Å²) in [7, 11) is 1.70. The van der Waals surface area contributed by atoms with E-state index in [2.05, 4.69) is 5.10 Å². The summed E-state index contributed by atoms with van der Waals surface area (Å²) in [6.07, 6.45) is 0.0829. The second kappa shape index (κ2) is 5.31. The molecule has 1 aromatic carbocycles. The van der Waals surface area contributed by atoms with E-state index in [1.807, 2.05) is 0 Å². The molecule has 0 atom stereocenters. The van der Waals surface area contributed by atoms with Crippen molar-refractivity contribution in [1.82, 2.24) is 9.78 Å². The van der Waals surface area contributed by atoms with Crippen molar-refractivity contribution in [3.8, 4) is 0 Å². The van der Waals surface area contributed by atoms with Gasteiger partial charge in [-0.2, -0.15) is 5.10 Å². The number of carbonyl (C=O) groups excluding carboxylic acids is 1. The molecule has 100 valence electrons. The lowest BCUT2D eigenvalue weighted by molar-refractivity contribution is 0.0992. The summed E-state index contributed by atoms with van der Waals surface area (Å²) < 4.78 is 14.8. The predicted octanol–water partition coefficient (Wildman–Crippen LogP) is 3.60. The number of ketones is 1. The smallest absolute Gasteiger partial charge is 0.167 e. The van der Waals surface area contributed by atoms with Crippen molar-refractivity contribution in [2.75, 3.05) is 0 Å². The fourth-order valence-electron chi connectivity index (χ4n) is 1.81. The topological polar surface area (TPSA) is 34.9 Å². The van der Waals surface area contributed by atoms with E-state index < -0.39 is 5.82 Å². The first-order chi connectivity index (χ1) is 8.90. The average molecular weight is 301 g/mol. The number of benzene rings is 1. The molecule has 0 radical (unpaired) electrons. The fourth-order valence-corrected chi connectivity index (χ4v) is 2.17. The van der Waals surface area contributed by atoms with E-state index >= 15 is 0 Å². The van der Waals surface area contributed by atoms with Crippen molar-refractivity contribution >= 4 is 29.0 Å². The first-order valence-electron chi connectivity index (χ1n) is 5.56. The number of rotatable bonds is 3. The summed E-state index contributed by atoms with van der Waals surface area (Å²) in [6.45, 7) is 1.77. The standard InChI is InChI=1S/C13H11Cl2FN2O/c1-7-9(13(15)18(2)17-7)6-12(19)8-3-4-10(14)11(16)5-8/h3-5H,6H2,1-2H3. The highest BCUT2D eigenvalue weighted by molar-refractivity contribution is 6.31. The van der Waals surface area contributed by atoms with Gasteiger partial charge in [-0.05, 0) is 25.1 Å². The Morgan fingerprint density at radius 3 is 2.63 bits per heavy atom. The van der Waals surface area contributed by atoms with Crippen LogP contribution in [0.15, 0.2) is 18.2 Å². The summed E-state index contributed by atoms with van der Waals surface area (Å²) in [5, 5.41) is 4.54. The van der Waals surface area contributed by atoms with Crippen molar-refractivity contribution in [1.29, 1.82) is 0 Å². The fraction of sp³-hybridized carbons (Fsp3) is 0.231. The number of halogens is 3. The Balaban J connectivity index is 2.28. The molecule has 0 saturated heterocycles. The Morgan fingerprint density at radius 2 is 2.11 bits per heavy atom. The van der Waals surface area contributed by atoms with Gasteiger partial charge in [-0.1, -0.05) is 23.2 Å². The van der Waals surface area contributed by atoms with Gasteiger partial charge in [0.2, 0.25) is 0 Å². The van der Waals surface area contributed by atoms with Crippen LogP contribution in [0.1, 0.15) is 21.6 Å². The molecule has 0 aliphatic heterocycles. The minimum Gasteiger partial charge on any atom is -0.294 e. The maximum Gasteiger partial charge on any atom is 0.167 e. The number of aromatic nitrogens is 2. The normalized spacial score (nSPS) is 10.8. The van der Waals surface area contributed by atoms with Gasteiger partial charge in [-0.3, -0.25) is 9.48 Å². The molecule has 0 saturated carbocycles. The molecule has 6 heteroatoms. The van der Waals surface area contributed by atoms with Crippen LogP contribution in [0.2, 0.25) is 10.2 Å². The number of hydrogen-bond acceptors (Lipinski definition) is 2. The van der Waals surface area contributed by atoms with Gasteiger partial charge in [-0.25, -0.2) is 4.39 Å². The number of Topliss-reactive ketones (excluding diaryl/α,β-unsaturated/α-hetero) is 1. The molecule has 0 aliphatic carbocycles. The van der Waals surface area contributed by atoms with Crippen LogP contribution in [0, 0.1) is 12.7 Å². The Kier molecular flexibility index (Phi) is 3.92. The molecule has 0 fully saturated rings. The maximum absolute atomic E-state index is 13.3. The predicted molar refractivity (Wildman–Crippen MR) is 72.4 cm³/mol. The van der Waals surface area contributed by atoms with Gasteiger partial charge in [0.25, 0.3) is 0 Å². The minimum atomic E-state index is -0.610. The van der Waals surface area contributed by atoms with Crippen LogP contribution in [0.3, 0.4) is 0 Å². The third kappa shape index (κ3) is 2.80. The van der Waals surface area contributed by atoms with Crippen LogP contribution in [-0.2, 0) is 13.5 Å². The number of hydrogen-bond donors (Lipinski definition) is 0. The summed E-state index contributed by atoms with van der Waals surface area (Å²) in [4.78, 5) is 12.1. The lowest BCUT2D eigenvalue weighted by Crippen LogP contribution is -2.05. The summed E-state index contributed by atoms with van der Waals surface area (Å²) in [6, 6.07) is 3.99. The molecule has 0 amide bonds. The van der Waals surface area contributed by atoms with Crippen LogP contribution >= 0.6 is 23.2 Å². The Hall–Kier alpha value is -1.39. The van der Waals surface area contributed by atoms with Gasteiger partial charge in [0, 0.05) is 24.6 Å². The zero-order chi connectivity index (χ0) is 14.2. The van der Waals surface area contributed by atoms with Crippen molar-refractivity contribution in [2.45, 2.75) is 13.3 Å². The van der Waals surface area contributed by atoms with E-state index in [4.69, 9.17) is 23.2 Å². The molecule has 0 bridgehead atoms. The van der Waals surface area contributed by atoms with Crippen molar-refractivity contribution in [3.63, 3.8) is 0 Å². The van der Waals surface area contributed by atoms with Crippen LogP contribution in [0.5, 0.6) is 0 Å². The molecule has 0 unspecified atom stereocenters. The van der Waals surface area contributed by atoms with Gasteiger partial charge >= 0.3 is 0 Å². The first kappa shape index (κ1) is 14.0. The maximum atomic E-state index is 13.3. The van der Waals surface area contributed by atoms with Crippen LogP contribution < -0.4 is 0 Å². The van der Waals surface area contributed by atoms with E-state index in [-0.39, 0.29) is 22.8 Å². The van der Waals surface area contributed by atoms with E-state index in [1.165, 1.54) is 16.8 Å². The quantitative estimate of drug-likeness (QED) is 0.812.